The van der Waals surface area contributed by atoms with Crippen molar-refractivity contribution < 1.29 is 9.90 Å². The Balaban J connectivity index is 1.73. The zero-order chi connectivity index (χ0) is 11.8. The van der Waals surface area contributed by atoms with E-state index in [1.807, 2.05) is 4.90 Å². The van der Waals surface area contributed by atoms with Crippen molar-refractivity contribution in [3.63, 3.8) is 0 Å². The molecular formula is C13H16N2O2. The zero-order valence-corrected chi connectivity index (χ0v) is 9.60. The van der Waals surface area contributed by atoms with Gasteiger partial charge in [-0.1, -0.05) is 0 Å². The summed E-state index contributed by atoms with van der Waals surface area (Å²) in [5, 5.41) is 12.6. The van der Waals surface area contributed by atoms with E-state index in [0.29, 0.717) is 17.5 Å². The van der Waals surface area contributed by atoms with E-state index < -0.39 is 0 Å². The van der Waals surface area contributed by atoms with Crippen molar-refractivity contribution in [1.82, 2.24) is 10.2 Å². The number of fused-ring (bicyclic) bond motifs is 1. The molecule has 1 aromatic carbocycles. The van der Waals surface area contributed by atoms with Crippen LogP contribution in [0.5, 0.6) is 5.75 Å². The van der Waals surface area contributed by atoms with Gasteiger partial charge in [0.2, 0.25) is 0 Å². The molecule has 17 heavy (non-hydrogen) atoms. The van der Waals surface area contributed by atoms with Crippen LogP contribution in [0.1, 0.15) is 16.8 Å². The molecule has 2 aliphatic heterocycles. The normalized spacial score (nSPS) is 27.2. The number of hydrogen-bond acceptors (Lipinski definition) is 3. The summed E-state index contributed by atoms with van der Waals surface area (Å²) < 4.78 is 0. The van der Waals surface area contributed by atoms with Crippen molar-refractivity contribution in [2.75, 3.05) is 19.6 Å². The molecule has 0 unspecified atom stereocenters. The molecule has 2 aliphatic rings. The Morgan fingerprint density at radius 3 is 2.76 bits per heavy atom. The number of likely N-dealkylation sites (tertiary alicyclic amines) is 1. The third-order valence-corrected chi connectivity index (χ3v) is 3.76. The third-order valence-electron chi connectivity index (χ3n) is 3.76. The van der Waals surface area contributed by atoms with Crippen molar-refractivity contribution >= 4 is 5.91 Å². The Morgan fingerprint density at radius 1 is 1.29 bits per heavy atom. The maximum absolute atomic E-state index is 12.2. The summed E-state index contributed by atoms with van der Waals surface area (Å²) >= 11 is 0. The van der Waals surface area contributed by atoms with Crippen LogP contribution in [-0.4, -0.2) is 41.6 Å². The smallest absolute Gasteiger partial charge is 0.253 e. The molecular weight excluding hydrogens is 216 g/mol. The molecule has 2 atom stereocenters. The average Bonchev–Trinajstić information content (AvgIpc) is 2.89. The number of rotatable bonds is 1. The van der Waals surface area contributed by atoms with Gasteiger partial charge in [-0.15, -0.1) is 0 Å². The molecule has 4 nitrogen and oxygen atoms in total. The minimum atomic E-state index is 0.0706. The molecule has 0 aliphatic carbocycles. The summed E-state index contributed by atoms with van der Waals surface area (Å²) in [5.74, 6) is 0.888. The monoisotopic (exact) mass is 232 g/mol. The Morgan fingerprint density at radius 2 is 2.06 bits per heavy atom. The first-order chi connectivity index (χ1) is 8.24. The lowest BCUT2D eigenvalue weighted by Crippen LogP contribution is -2.33. The standard InChI is InChI=1S/C13H16N2O2/c16-11-3-1-9(2-4-11)13(17)15-7-10-5-6-14-12(10)8-15/h1-4,10,12,14,16H,5-8H2/t10-,12+/m0/s1. The number of nitrogens with one attached hydrogen (secondary N) is 1. The van der Waals surface area contributed by atoms with Crippen molar-refractivity contribution in [1.29, 1.82) is 0 Å². The number of carbonyl (C=O) groups excluding carboxylic acids is 1. The van der Waals surface area contributed by atoms with Gasteiger partial charge in [-0.05, 0) is 43.1 Å². The summed E-state index contributed by atoms with van der Waals surface area (Å²) in [5.41, 5.74) is 0.655. The van der Waals surface area contributed by atoms with Crippen molar-refractivity contribution in [3.8, 4) is 5.75 Å². The molecule has 0 spiro atoms. The third kappa shape index (κ3) is 1.89. The van der Waals surface area contributed by atoms with Crippen molar-refractivity contribution in [3.05, 3.63) is 29.8 Å². The number of amides is 1. The average molecular weight is 232 g/mol. The number of phenolic OH excluding ortho intramolecular Hbond substituents is 1. The molecule has 2 saturated heterocycles. The molecule has 0 aromatic heterocycles. The molecule has 0 saturated carbocycles. The highest BCUT2D eigenvalue weighted by Crippen LogP contribution is 2.26. The van der Waals surface area contributed by atoms with Crippen LogP contribution < -0.4 is 5.32 Å². The molecule has 3 rings (SSSR count). The van der Waals surface area contributed by atoms with Gasteiger partial charge in [0.1, 0.15) is 5.75 Å². The second-order valence-corrected chi connectivity index (χ2v) is 4.87. The van der Waals surface area contributed by atoms with Gasteiger partial charge in [0.25, 0.3) is 5.91 Å². The Bertz CT molecular complexity index is 418. The van der Waals surface area contributed by atoms with E-state index >= 15 is 0 Å². The highest BCUT2D eigenvalue weighted by molar-refractivity contribution is 5.94. The summed E-state index contributed by atoms with van der Waals surface area (Å²) in [4.78, 5) is 14.1. The van der Waals surface area contributed by atoms with Gasteiger partial charge >= 0.3 is 0 Å². The molecule has 2 heterocycles. The van der Waals surface area contributed by atoms with E-state index in [0.717, 1.165) is 19.6 Å². The Labute approximate surface area is 100 Å². The number of carbonyl (C=O) groups is 1. The fourth-order valence-corrected chi connectivity index (χ4v) is 2.80. The Kier molecular flexibility index (Phi) is 2.52. The molecule has 0 bridgehead atoms. The minimum Gasteiger partial charge on any atom is -0.508 e. The quantitative estimate of drug-likeness (QED) is 0.754. The molecule has 1 amide bonds. The van der Waals surface area contributed by atoms with Gasteiger partial charge in [0, 0.05) is 24.7 Å². The van der Waals surface area contributed by atoms with E-state index in [4.69, 9.17) is 0 Å². The second kappa shape index (κ2) is 4.04. The largest absolute Gasteiger partial charge is 0.508 e. The first kappa shape index (κ1) is 10.6. The predicted molar refractivity (Wildman–Crippen MR) is 63.9 cm³/mol. The minimum absolute atomic E-state index is 0.0706. The molecule has 2 N–H and O–H groups in total. The molecule has 1 aromatic rings. The lowest BCUT2D eigenvalue weighted by atomic mass is 10.1. The van der Waals surface area contributed by atoms with E-state index in [9.17, 15) is 9.90 Å². The van der Waals surface area contributed by atoms with Crippen LogP contribution in [0.25, 0.3) is 0 Å². The number of aromatic hydroxyl groups is 1. The lowest BCUT2D eigenvalue weighted by Gasteiger charge is -2.17. The first-order valence-corrected chi connectivity index (χ1v) is 6.06. The van der Waals surface area contributed by atoms with Crippen LogP contribution in [-0.2, 0) is 0 Å². The van der Waals surface area contributed by atoms with Crippen LogP contribution in [0.2, 0.25) is 0 Å². The second-order valence-electron chi connectivity index (χ2n) is 4.87. The highest BCUT2D eigenvalue weighted by atomic mass is 16.3. The van der Waals surface area contributed by atoms with E-state index in [1.54, 1.807) is 24.3 Å². The first-order valence-electron chi connectivity index (χ1n) is 6.06. The highest BCUT2D eigenvalue weighted by Gasteiger charge is 2.37. The van der Waals surface area contributed by atoms with Crippen LogP contribution >= 0.6 is 0 Å². The number of nitrogens with zero attached hydrogens (tertiary/aromatic N) is 1. The van der Waals surface area contributed by atoms with Gasteiger partial charge in [0.15, 0.2) is 0 Å². The Hall–Kier alpha value is -1.55. The van der Waals surface area contributed by atoms with Gasteiger partial charge in [-0.25, -0.2) is 0 Å². The summed E-state index contributed by atoms with van der Waals surface area (Å²) in [6.07, 6.45) is 1.17. The molecule has 2 fully saturated rings. The summed E-state index contributed by atoms with van der Waals surface area (Å²) in [7, 11) is 0. The van der Waals surface area contributed by atoms with E-state index in [2.05, 4.69) is 5.32 Å². The van der Waals surface area contributed by atoms with E-state index in [-0.39, 0.29) is 11.7 Å². The maximum Gasteiger partial charge on any atom is 0.253 e. The van der Waals surface area contributed by atoms with Crippen LogP contribution in [0.3, 0.4) is 0 Å². The van der Waals surface area contributed by atoms with Gasteiger partial charge in [0.05, 0.1) is 0 Å². The summed E-state index contributed by atoms with van der Waals surface area (Å²) in [6.45, 7) is 2.75. The molecule has 4 heteroatoms. The number of hydrogen-bond donors (Lipinski definition) is 2. The zero-order valence-electron chi connectivity index (χ0n) is 9.60. The van der Waals surface area contributed by atoms with Gasteiger partial charge in [-0.3, -0.25) is 4.79 Å². The van der Waals surface area contributed by atoms with Crippen LogP contribution in [0, 0.1) is 5.92 Å². The van der Waals surface area contributed by atoms with Crippen molar-refractivity contribution in [2.45, 2.75) is 12.5 Å². The van der Waals surface area contributed by atoms with Gasteiger partial charge in [-0.2, -0.15) is 0 Å². The van der Waals surface area contributed by atoms with E-state index in [1.165, 1.54) is 6.42 Å². The topological polar surface area (TPSA) is 52.6 Å². The van der Waals surface area contributed by atoms with Crippen molar-refractivity contribution in [2.24, 2.45) is 5.92 Å². The number of phenols is 1. The summed E-state index contributed by atoms with van der Waals surface area (Å²) in [6, 6.07) is 6.96. The maximum atomic E-state index is 12.2. The fraction of sp³-hybridized carbons (Fsp3) is 0.462. The van der Waals surface area contributed by atoms with Crippen LogP contribution in [0.15, 0.2) is 24.3 Å². The van der Waals surface area contributed by atoms with Gasteiger partial charge < -0.3 is 15.3 Å². The van der Waals surface area contributed by atoms with Crippen LogP contribution in [0.4, 0.5) is 0 Å². The molecule has 0 radical (unpaired) electrons. The SMILES string of the molecule is O=C(c1ccc(O)cc1)N1C[C@@H]2CCN[C@@H]2C1. The lowest BCUT2D eigenvalue weighted by molar-refractivity contribution is 0.0782. The predicted octanol–water partition coefficient (Wildman–Crippen LogP) is 0.826. The number of benzene rings is 1. The fourth-order valence-electron chi connectivity index (χ4n) is 2.80. The molecule has 90 valence electrons.